The van der Waals surface area contributed by atoms with Crippen LogP contribution in [0.25, 0.3) is 0 Å². The number of rotatable bonds is 0. The molecular formula is C11H12O2. The van der Waals surface area contributed by atoms with E-state index in [2.05, 4.69) is 6.07 Å². The zero-order valence-electron chi connectivity index (χ0n) is 7.22. The Bertz CT molecular complexity index is 348. The van der Waals surface area contributed by atoms with Crippen LogP contribution >= 0.6 is 0 Å². The molecule has 2 aliphatic rings. The average molecular weight is 176 g/mol. The van der Waals surface area contributed by atoms with Crippen LogP contribution < -0.4 is 0 Å². The van der Waals surface area contributed by atoms with Crippen LogP contribution in [0.5, 0.6) is 0 Å². The Morgan fingerprint density at radius 2 is 1.77 bits per heavy atom. The fraction of sp³-hybridized carbons (Fsp3) is 0.455. The van der Waals surface area contributed by atoms with E-state index in [1.165, 1.54) is 5.56 Å². The highest BCUT2D eigenvalue weighted by Gasteiger charge is 2.50. The van der Waals surface area contributed by atoms with Crippen LogP contribution in [-0.2, 0) is 0 Å². The summed E-state index contributed by atoms with van der Waals surface area (Å²) < 4.78 is 0. The number of aliphatic hydroxyl groups excluding tert-OH is 2. The summed E-state index contributed by atoms with van der Waals surface area (Å²) in [6.45, 7) is 0. The number of benzene rings is 1. The van der Waals surface area contributed by atoms with E-state index in [0.717, 1.165) is 12.0 Å². The van der Waals surface area contributed by atoms with Crippen LogP contribution in [-0.4, -0.2) is 22.4 Å². The van der Waals surface area contributed by atoms with Crippen molar-refractivity contribution in [3.63, 3.8) is 0 Å². The molecule has 68 valence electrons. The van der Waals surface area contributed by atoms with Crippen LogP contribution in [0.1, 0.15) is 29.4 Å². The fourth-order valence-corrected chi connectivity index (χ4v) is 2.88. The van der Waals surface area contributed by atoms with Crippen molar-refractivity contribution in [1.82, 2.24) is 0 Å². The summed E-state index contributed by atoms with van der Waals surface area (Å²) in [4.78, 5) is 0. The van der Waals surface area contributed by atoms with E-state index >= 15 is 0 Å². The predicted octanol–water partition coefficient (Wildman–Crippen LogP) is 0.993. The molecule has 0 aliphatic heterocycles. The molecule has 2 aliphatic carbocycles. The molecule has 13 heavy (non-hydrogen) atoms. The largest absolute Gasteiger partial charge is 0.392 e. The highest BCUT2D eigenvalue weighted by molar-refractivity contribution is 5.44. The van der Waals surface area contributed by atoms with Gasteiger partial charge in [0.25, 0.3) is 0 Å². The monoisotopic (exact) mass is 176 g/mol. The van der Waals surface area contributed by atoms with Crippen molar-refractivity contribution >= 4 is 0 Å². The van der Waals surface area contributed by atoms with E-state index in [1.54, 1.807) is 0 Å². The minimum Gasteiger partial charge on any atom is -0.392 e. The first-order chi connectivity index (χ1) is 6.29. The van der Waals surface area contributed by atoms with Crippen molar-refractivity contribution in [3.8, 4) is 0 Å². The average Bonchev–Trinajstić information content (AvgIpc) is 2.56. The Kier molecular flexibility index (Phi) is 1.35. The molecule has 0 amide bonds. The van der Waals surface area contributed by atoms with Gasteiger partial charge in [-0.05, 0) is 17.5 Å². The molecule has 2 heteroatoms. The molecule has 0 aromatic heterocycles. The molecule has 0 unspecified atom stereocenters. The molecule has 2 bridgehead atoms. The lowest BCUT2D eigenvalue weighted by molar-refractivity contribution is 0.111. The van der Waals surface area contributed by atoms with Crippen LogP contribution in [0.3, 0.4) is 0 Å². The highest BCUT2D eigenvalue weighted by Crippen LogP contribution is 2.52. The lowest BCUT2D eigenvalue weighted by atomic mass is 9.90. The quantitative estimate of drug-likeness (QED) is 0.619. The summed E-state index contributed by atoms with van der Waals surface area (Å²) in [5.41, 5.74) is 2.39. The topological polar surface area (TPSA) is 40.5 Å². The van der Waals surface area contributed by atoms with Crippen LogP contribution in [0.2, 0.25) is 0 Å². The van der Waals surface area contributed by atoms with Crippen molar-refractivity contribution in [2.75, 3.05) is 0 Å². The summed E-state index contributed by atoms with van der Waals surface area (Å²) in [5.74, 6) is 0.150. The Balaban J connectivity index is 2.18. The standard InChI is InChI=1S/C11H12O2/c12-9-5-8-6-3-1-2-4-7(6)10(9)11(8)13/h1-4,8-13H,5H2/t8-,9+,10-,11+/m1/s1. The Hall–Kier alpha value is -0.860. The van der Waals surface area contributed by atoms with Gasteiger partial charge in [0.1, 0.15) is 0 Å². The normalized spacial score (nSPS) is 40.8. The molecular weight excluding hydrogens is 164 g/mol. The van der Waals surface area contributed by atoms with E-state index in [4.69, 9.17) is 0 Å². The smallest absolute Gasteiger partial charge is 0.0703 e. The van der Waals surface area contributed by atoms with Crippen LogP contribution in [0.4, 0.5) is 0 Å². The maximum Gasteiger partial charge on any atom is 0.0703 e. The third-order valence-corrected chi connectivity index (χ3v) is 3.44. The fourth-order valence-electron chi connectivity index (χ4n) is 2.88. The molecule has 0 heterocycles. The molecule has 1 fully saturated rings. The first-order valence-corrected chi connectivity index (χ1v) is 4.74. The van der Waals surface area contributed by atoms with E-state index in [9.17, 15) is 10.2 Å². The number of aliphatic hydroxyl groups is 2. The Labute approximate surface area is 76.8 Å². The minimum atomic E-state index is -0.354. The van der Waals surface area contributed by atoms with Crippen molar-refractivity contribution in [1.29, 1.82) is 0 Å². The van der Waals surface area contributed by atoms with E-state index in [-0.39, 0.29) is 24.0 Å². The molecule has 0 spiro atoms. The predicted molar refractivity (Wildman–Crippen MR) is 48.6 cm³/mol. The number of hydrogen-bond donors (Lipinski definition) is 2. The molecule has 0 radical (unpaired) electrons. The zero-order chi connectivity index (χ0) is 9.00. The van der Waals surface area contributed by atoms with Gasteiger partial charge in [0, 0.05) is 11.8 Å². The van der Waals surface area contributed by atoms with Crippen molar-refractivity contribution in [2.24, 2.45) is 0 Å². The third-order valence-electron chi connectivity index (χ3n) is 3.44. The van der Waals surface area contributed by atoms with Gasteiger partial charge < -0.3 is 10.2 Å². The van der Waals surface area contributed by atoms with E-state index < -0.39 is 0 Å². The molecule has 1 aromatic rings. The second kappa shape index (κ2) is 2.34. The Morgan fingerprint density at radius 3 is 2.54 bits per heavy atom. The van der Waals surface area contributed by atoms with Gasteiger partial charge in [-0.3, -0.25) is 0 Å². The lowest BCUT2D eigenvalue weighted by Gasteiger charge is -2.18. The minimum absolute atomic E-state index is 0.0267. The van der Waals surface area contributed by atoms with Gasteiger partial charge in [0.05, 0.1) is 12.2 Å². The molecule has 1 aromatic carbocycles. The second-order valence-electron chi connectivity index (χ2n) is 4.05. The second-order valence-corrected chi connectivity index (χ2v) is 4.05. The van der Waals surface area contributed by atoms with E-state index in [1.807, 2.05) is 18.2 Å². The van der Waals surface area contributed by atoms with Gasteiger partial charge >= 0.3 is 0 Å². The SMILES string of the molecule is O[C@@H]1[C@@H]2c3ccccc3[C@H]1C[C@@H]2O. The van der Waals surface area contributed by atoms with Gasteiger partial charge in [-0.2, -0.15) is 0 Å². The zero-order valence-corrected chi connectivity index (χ0v) is 7.22. The Morgan fingerprint density at radius 1 is 1.08 bits per heavy atom. The van der Waals surface area contributed by atoms with Gasteiger partial charge in [0.15, 0.2) is 0 Å². The first-order valence-electron chi connectivity index (χ1n) is 4.74. The van der Waals surface area contributed by atoms with Crippen LogP contribution in [0, 0.1) is 0 Å². The molecule has 3 rings (SSSR count). The molecule has 2 N–H and O–H groups in total. The maximum absolute atomic E-state index is 9.86. The highest BCUT2D eigenvalue weighted by atomic mass is 16.3. The van der Waals surface area contributed by atoms with Gasteiger partial charge in [-0.1, -0.05) is 24.3 Å². The van der Waals surface area contributed by atoms with Gasteiger partial charge in [0.2, 0.25) is 0 Å². The summed E-state index contributed by atoms with van der Waals surface area (Å²) >= 11 is 0. The van der Waals surface area contributed by atoms with Crippen LogP contribution in [0.15, 0.2) is 24.3 Å². The van der Waals surface area contributed by atoms with Gasteiger partial charge in [-0.25, -0.2) is 0 Å². The van der Waals surface area contributed by atoms with Gasteiger partial charge in [-0.15, -0.1) is 0 Å². The van der Waals surface area contributed by atoms with Crippen molar-refractivity contribution < 1.29 is 10.2 Å². The van der Waals surface area contributed by atoms with E-state index in [0.29, 0.717) is 0 Å². The third kappa shape index (κ3) is 0.798. The number of hydrogen-bond acceptors (Lipinski definition) is 2. The summed E-state index contributed by atoms with van der Waals surface area (Å²) in [6, 6.07) is 8.05. The number of fused-ring (bicyclic) bond motifs is 5. The molecule has 0 saturated heterocycles. The summed E-state index contributed by atoms with van der Waals surface area (Å²) in [7, 11) is 0. The molecule has 1 saturated carbocycles. The maximum atomic E-state index is 9.86. The lowest BCUT2D eigenvalue weighted by Crippen LogP contribution is -2.18. The van der Waals surface area contributed by atoms with Crippen molar-refractivity contribution in [3.05, 3.63) is 35.4 Å². The summed E-state index contributed by atoms with van der Waals surface area (Å²) in [6.07, 6.45) is 0.0327. The summed E-state index contributed by atoms with van der Waals surface area (Å²) in [5, 5.41) is 19.5. The van der Waals surface area contributed by atoms with Crippen molar-refractivity contribution in [2.45, 2.75) is 30.5 Å². The first kappa shape index (κ1) is 7.54. The molecule has 4 atom stereocenters. The molecule has 2 nitrogen and oxygen atoms in total.